The normalized spacial score (nSPS) is 13.6. The smallest absolute Gasteiger partial charge is 0.291 e. The zero-order chi connectivity index (χ0) is 23.9. The van der Waals surface area contributed by atoms with Crippen molar-refractivity contribution in [1.82, 2.24) is 0 Å². The van der Waals surface area contributed by atoms with E-state index in [9.17, 15) is 0 Å². The molecule has 0 aliphatic carbocycles. The molecule has 2 aliphatic rings. The summed E-state index contributed by atoms with van der Waals surface area (Å²) >= 11 is 4.11. The lowest BCUT2D eigenvalue weighted by atomic mass is 9.33. The summed E-state index contributed by atoms with van der Waals surface area (Å²) in [6.07, 6.45) is 0. The second-order valence-corrected chi connectivity index (χ2v) is 11.3. The van der Waals surface area contributed by atoms with Crippen molar-refractivity contribution in [3.63, 3.8) is 0 Å². The third-order valence-electron chi connectivity index (χ3n) is 7.58. The molecule has 0 fully saturated rings. The highest BCUT2D eigenvalue weighted by molar-refractivity contribution is 9.25. The minimum absolute atomic E-state index is 0.181. The average Bonchev–Trinajstić information content (AvgIpc) is 2.77. The Hall–Kier alpha value is -2.71. The number of nitrogens with zero attached hydrogens (tertiary/aromatic N) is 1. The van der Waals surface area contributed by atoms with Crippen LogP contribution in [-0.4, -0.2) is 12.2 Å². The van der Waals surface area contributed by atoms with Crippen LogP contribution in [0.1, 0.15) is 33.4 Å². The standard InChI is InChI=1S/C30H28B2BrN/c1-17-7-9-27-23(13-17)31(29-21(5)11-19(3)12-22(29)6)25-15-20(4)16-26-30(25)34(27)28-10-8-18(2)14-24(28)32(26)33/h7-16H,1-6H3. The summed E-state index contributed by atoms with van der Waals surface area (Å²) < 4.78 is 0. The molecule has 0 spiro atoms. The third-order valence-corrected chi connectivity index (χ3v) is 8.57. The number of aryl methyl sites for hydroxylation is 6. The molecular formula is C30H28B2BrN. The fourth-order valence-corrected chi connectivity index (χ4v) is 7.08. The Morgan fingerprint density at radius 2 is 1.06 bits per heavy atom. The summed E-state index contributed by atoms with van der Waals surface area (Å²) in [5, 5.41) is 0. The molecule has 4 heteroatoms. The molecule has 0 aromatic heterocycles. The van der Waals surface area contributed by atoms with E-state index in [0.717, 1.165) is 0 Å². The van der Waals surface area contributed by atoms with Gasteiger partial charge in [-0.25, -0.2) is 0 Å². The second-order valence-electron chi connectivity index (χ2n) is 10.4. The highest BCUT2D eigenvalue weighted by atomic mass is 79.9. The molecule has 0 bridgehead atoms. The quantitative estimate of drug-likeness (QED) is 0.301. The summed E-state index contributed by atoms with van der Waals surface area (Å²) in [4.78, 5) is 2.53. The summed E-state index contributed by atoms with van der Waals surface area (Å²) in [6.45, 7) is 13.6. The first-order valence-corrected chi connectivity index (χ1v) is 13.0. The Bertz CT molecular complexity index is 1480. The van der Waals surface area contributed by atoms with Gasteiger partial charge in [0.05, 0.1) is 0 Å². The van der Waals surface area contributed by atoms with E-state index in [1.165, 1.54) is 77.8 Å². The van der Waals surface area contributed by atoms with Crippen LogP contribution in [0.4, 0.5) is 17.1 Å². The van der Waals surface area contributed by atoms with Gasteiger partial charge in [-0.05, 0) is 75.5 Å². The Labute approximate surface area is 212 Å². The molecule has 0 radical (unpaired) electrons. The molecule has 2 aliphatic heterocycles. The molecule has 0 unspecified atom stereocenters. The van der Waals surface area contributed by atoms with E-state index in [-0.39, 0.29) is 12.2 Å². The number of hydrogen-bond acceptors (Lipinski definition) is 1. The van der Waals surface area contributed by atoms with Gasteiger partial charge in [-0.15, -0.1) is 15.8 Å². The van der Waals surface area contributed by atoms with E-state index < -0.39 is 0 Å². The molecule has 0 amide bonds. The lowest BCUT2D eigenvalue weighted by Gasteiger charge is -2.43. The van der Waals surface area contributed by atoms with E-state index >= 15 is 0 Å². The number of hydrogen-bond donors (Lipinski definition) is 0. The lowest BCUT2D eigenvalue weighted by Crippen LogP contribution is -2.63. The molecule has 4 aromatic carbocycles. The average molecular weight is 504 g/mol. The zero-order valence-corrected chi connectivity index (χ0v) is 22.3. The van der Waals surface area contributed by atoms with Gasteiger partial charge in [-0.2, -0.15) is 0 Å². The van der Waals surface area contributed by atoms with Gasteiger partial charge < -0.3 is 4.90 Å². The number of rotatable bonds is 1. The highest BCUT2D eigenvalue weighted by Crippen LogP contribution is 2.38. The van der Waals surface area contributed by atoms with Gasteiger partial charge >= 0.3 is 0 Å². The van der Waals surface area contributed by atoms with Crippen molar-refractivity contribution in [3.8, 4) is 0 Å². The van der Waals surface area contributed by atoms with E-state index in [1.807, 2.05) is 0 Å². The van der Waals surface area contributed by atoms with Gasteiger partial charge in [0.1, 0.15) is 0 Å². The Morgan fingerprint density at radius 3 is 1.71 bits per heavy atom. The topological polar surface area (TPSA) is 3.24 Å². The second kappa shape index (κ2) is 7.65. The van der Waals surface area contributed by atoms with Crippen LogP contribution in [0, 0.1) is 41.5 Å². The molecule has 0 saturated carbocycles. The van der Waals surface area contributed by atoms with Crippen molar-refractivity contribution in [1.29, 1.82) is 0 Å². The van der Waals surface area contributed by atoms with Crippen LogP contribution in [0.2, 0.25) is 0 Å². The predicted octanol–water partition coefficient (Wildman–Crippen LogP) is 4.65. The van der Waals surface area contributed by atoms with Gasteiger partial charge in [-0.1, -0.05) is 87.4 Å². The van der Waals surface area contributed by atoms with Crippen LogP contribution < -0.4 is 32.2 Å². The maximum atomic E-state index is 4.11. The monoisotopic (exact) mass is 503 g/mol. The van der Waals surface area contributed by atoms with Gasteiger partial charge in [0.2, 0.25) is 6.71 Å². The number of benzene rings is 4. The Kier molecular flexibility index (Phi) is 4.90. The van der Waals surface area contributed by atoms with Crippen LogP contribution in [-0.2, 0) is 0 Å². The predicted molar refractivity (Wildman–Crippen MR) is 155 cm³/mol. The maximum Gasteiger partial charge on any atom is 0.291 e. The van der Waals surface area contributed by atoms with Crippen molar-refractivity contribution < 1.29 is 0 Å². The maximum absolute atomic E-state index is 4.11. The SMILES string of the molecule is Cc1cc(C)c(B2c3cc(C)ccc3N3c4ccc(C)cc4B(Br)c4cc(C)cc2c43)c(C)c1. The number of anilines is 3. The minimum Gasteiger partial charge on any atom is -0.312 e. The Morgan fingerprint density at radius 1 is 0.559 bits per heavy atom. The fraction of sp³-hybridized carbons (Fsp3) is 0.200. The van der Waals surface area contributed by atoms with Gasteiger partial charge in [0, 0.05) is 17.1 Å². The first-order chi connectivity index (χ1) is 16.2. The van der Waals surface area contributed by atoms with Crippen molar-refractivity contribution in [2.24, 2.45) is 0 Å². The number of halogens is 1. The van der Waals surface area contributed by atoms with Crippen LogP contribution in [0.25, 0.3) is 0 Å². The minimum atomic E-state index is 0.181. The molecule has 6 rings (SSSR count). The fourth-order valence-electron chi connectivity index (χ4n) is 6.36. The summed E-state index contributed by atoms with van der Waals surface area (Å²) in [7, 11) is 0. The van der Waals surface area contributed by atoms with E-state index in [1.54, 1.807) is 0 Å². The lowest BCUT2D eigenvalue weighted by molar-refractivity contribution is 1.28. The van der Waals surface area contributed by atoms with Crippen molar-refractivity contribution in [2.45, 2.75) is 41.5 Å². The Balaban J connectivity index is 1.75. The molecule has 34 heavy (non-hydrogen) atoms. The molecule has 0 N–H and O–H groups in total. The first kappa shape index (κ1) is 21.8. The van der Waals surface area contributed by atoms with E-state index in [0.29, 0.717) is 0 Å². The van der Waals surface area contributed by atoms with Crippen LogP contribution in [0.5, 0.6) is 0 Å². The van der Waals surface area contributed by atoms with Crippen LogP contribution in [0.3, 0.4) is 0 Å². The number of fused-ring (bicyclic) bond motifs is 4. The summed E-state index contributed by atoms with van der Waals surface area (Å²) in [5.74, 6) is 0. The summed E-state index contributed by atoms with van der Waals surface area (Å²) in [5.41, 5.74) is 19.1. The highest BCUT2D eigenvalue weighted by Gasteiger charge is 2.43. The van der Waals surface area contributed by atoms with Crippen molar-refractivity contribution >= 4 is 72.4 Å². The molecular weight excluding hydrogens is 476 g/mol. The zero-order valence-electron chi connectivity index (χ0n) is 20.8. The van der Waals surface area contributed by atoms with Gasteiger partial charge in [0.15, 0.2) is 0 Å². The van der Waals surface area contributed by atoms with Crippen LogP contribution >= 0.6 is 15.8 Å². The molecule has 0 atom stereocenters. The van der Waals surface area contributed by atoms with Crippen molar-refractivity contribution in [3.05, 3.63) is 94.0 Å². The molecule has 0 saturated heterocycles. The van der Waals surface area contributed by atoms with Crippen LogP contribution in [0.15, 0.2) is 60.7 Å². The van der Waals surface area contributed by atoms with E-state index in [2.05, 4.69) is 123 Å². The van der Waals surface area contributed by atoms with E-state index in [4.69, 9.17) is 0 Å². The first-order valence-electron chi connectivity index (χ1n) is 12.1. The molecule has 1 nitrogen and oxygen atoms in total. The molecule has 166 valence electrons. The van der Waals surface area contributed by atoms with Gasteiger partial charge in [0.25, 0.3) is 5.54 Å². The third kappa shape index (κ3) is 3.08. The van der Waals surface area contributed by atoms with Gasteiger partial charge in [-0.3, -0.25) is 0 Å². The molecule has 4 aromatic rings. The largest absolute Gasteiger partial charge is 0.312 e. The molecule has 2 heterocycles. The van der Waals surface area contributed by atoms with Crippen molar-refractivity contribution in [2.75, 3.05) is 4.90 Å². The summed E-state index contributed by atoms with van der Waals surface area (Å²) in [6, 6.07) is 23.4.